The minimum absolute atomic E-state index is 0.0922. The van der Waals surface area contributed by atoms with Crippen LogP contribution in [0.1, 0.15) is 12.5 Å². The van der Waals surface area contributed by atoms with Crippen molar-refractivity contribution in [3.8, 4) is 11.5 Å². The first kappa shape index (κ1) is 10.6. The predicted octanol–water partition coefficient (Wildman–Crippen LogP) is 1.58. The number of ether oxygens (including phenoxy) is 1. The molecule has 0 aliphatic rings. The van der Waals surface area contributed by atoms with Crippen LogP contribution < -0.4 is 4.74 Å². The molecule has 0 aliphatic carbocycles. The third-order valence-electron chi connectivity index (χ3n) is 2.19. The fourth-order valence-corrected chi connectivity index (χ4v) is 1.33. The molecular weight excluding hydrogens is 206 g/mol. The monoisotopic (exact) mass is 219 g/mol. The van der Waals surface area contributed by atoms with Gasteiger partial charge in [0.05, 0.1) is 19.0 Å². The minimum atomic E-state index is -0.0922. The Labute approximate surface area is 93.3 Å². The molecular formula is C11H13N3O2. The zero-order valence-corrected chi connectivity index (χ0v) is 9.00. The summed E-state index contributed by atoms with van der Waals surface area (Å²) in [6, 6.07) is 1.72. The first-order valence-electron chi connectivity index (χ1n) is 5.07. The van der Waals surface area contributed by atoms with Gasteiger partial charge in [-0.05, 0) is 13.0 Å². The molecule has 0 aromatic carbocycles. The van der Waals surface area contributed by atoms with Crippen molar-refractivity contribution in [2.75, 3.05) is 0 Å². The topological polar surface area (TPSA) is 60.2 Å². The van der Waals surface area contributed by atoms with E-state index in [1.54, 1.807) is 29.3 Å². The lowest BCUT2D eigenvalue weighted by Gasteiger charge is -2.06. The zero-order chi connectivity index (χ0) is 11.4. The highest BCUT2D eigenvalue weighted by Crippen LogP contribution is 2.23. The SMILES string of the molecule is CCn1cc(Oc2ccncc2CO)cn1. The van der Waals surface area contributed by atoms with Gasteiger partial charge in [-0.1, -0.05) is 0 Å². The molecule has 0 fully saturated rings. The van der Waals surface area contributed by atoms with Gasteiger partial charge in [0, 0.05) is 24.5 Å². The highest BCUT2D eigenvalue weighted by atomic mass is 16.5. The maximum Gasteiger partial charge on any atom is 0.165 e. The van der Waals surface area contributed by atoms with Gasteiger partial charge in [-0.15, -0.1) is 0 Å². The largest absolute Gasteiger partial charge is 0.454 e. The normalized spacial score (nSPS) is 10.4. The number of aliphatic hydroxyl groups is 1. The third-order valence-corrected chi connectivity index (χ3v) is 2.19. The number of aryl methyl sites for hydroxylation is 1. The molecule has 2 heterocycles. The molecule has 2 rings (SSSR count). The van der Waals surface area contributed by atoms with Gasteiger partial charge in [0.15, 0.2) is 5.75 Å². The summed E-state index contributed by atoms with van der Waals surface area (Å²) < 4.78 is 7.37. The number of pyridine rings is 1. The summed E-state index contributed by atoms with van der Waals surface area (Å²) in [4.78, 5) is 3.92. The van der Waals surface area contributed by atoms with Crippen LogP contribution in [0.15, 0.2) is 30.9 Å². The Morgan fingerprint density at radius 2 is 2.31 bits per heavy atom. The third kappa shape index (κ3) is 2.20. The second-order valence-electron chi connectivity index (χ2n) is 3.28. The number of hydrogen-bond donors (Lipinski definition) is 1. The fourth-order valence-electron chi connectivity index (χ4n) is 1.33. The van der Waals surface area contributed by atoms with E-state index in [2.05, 4.69) is 10.1 Å². The van der Waals surface area contributed by atoms with E-state index < -0.39 is 0 Å². The Morgan fingerprint density at radius 1 is 1.44 bits per heavy atom. The maximum atomic E-state index is 9.11. The van der Waals surface area contributed by atoms with Crippen LogP contribution >= 0.6 is 0 Å². The lowest BCUT2D eigenvalue weighted by molar-refractivity contribution is 0.276. The van der Waals surface area contributed by atoms with Crippen molar-refractivity contribution < 1.29 is 9.84 Å². The highest BCUT2D eigenvalue weighted by Gasteiger charge is 2.05. The van der Waals surface area contributed by atoms with E-state index in [0.29, 0.717) is 17.1 Å². The molecule has 0 unspecified atom stereocenters. The molecule has 0 aliphatic heterocycles. The number of nitrogens with zero attached hydrogens (tertiary/aromatic N) is 3. The van der Waals surface area contributed by atoms with E-state index in [4.69, 9.17) is 9.84 Å². The molecule has 1 N–H and O–H groups in total. The van der Waals surface area contributed by atoms with Crippen LogP contribution in [0.3, 0.4) is 0 Å². The standard InChI is InChI=1S/C11H13N3O2/c1-2-14-7-10(6-13-14)16-11-3-4-12-5-9(11)8-15/h3-7,15H,2,8H2,1H3. The Balaban J connectivity index is 2.19. The number of hydrogen-bond acceptors (Lipinski definition) is 4. The van der Waals surface area contributed by atoms with Gasteiger partial charge in [-0.3, -0.25) is 9.67 Å². The summed E-state index contributed by atoms with van der Waals surface area (Å²) in [7, 11) is 0. The molecule has 2 aromatic heterocycles. The molecule has 2 aromatic rings. The molecule has 0 spiro atoms. The van der Waals surface area contributed by atoms with Crippen molar-refractivity contribution in [3.63, 3.8) is 0 Å². The average molecular weight is 219 g/mol. The van der Waals surface area contributed by atoms with Crippen LogP contribution in [-0.4, -0.2) is 19.9 Å². The van der Waals surface area contributed by atoms with Gasteiger partial charge < -0.3 is 9.84 Å². The van der Waals surface area contributed by atoms with E-state index >= 15 is 0 Å². The first-order chi connectivity index (χ1) is 7.83. The summed E-state index contributed by atoms with van der Waals surface area (Å²) in [5, 5.41) is 13.2. The zero-order valence-electron chi connectivity index (χ0n) is 9.00. The van der Waals surface area contributed by atoms with Crippen molar-refractivity contribution in [1.29, 1.82) is 0 Å². The van der Waals surface area contributed by atoms with E-state index in [0.717, 1.165) is 6.54 Å². The molecule has 0 radical (unpaired) electrons. The van der Waals surface area contributed by atoms with Gasteiger partial charge in [0.25, 0.3) is 0 Å². The average Bonchev–Trinajstić information content (AvgIpc) is 2.77. The van der Waals surface area contributed by atoms with E-state index in [-0.39, 0.29) is 6.61 Å². The second-order valence-corrected chi connectivity index (χ2v) is 3.28. The van der Waals surface area contributed by atoms with E-state index in [1.165, 1.54) is 0 Å². The second kappa shape index (κ2) is 4.76. The molecule has 5 nitrogen and oxygen atoms in total. The van der Waals surface area contributed by atoms with Crippen LogP contribution in [0.5, 0.6) is 11.5 Å². The van der Waals surface area contributed by atoms with Crippen LogP contribution in [0, 0.1) is 0 Å². The summed E-state index contributed by atoms with van der Waals surface area (Å²) in [6.07, 6.45) is 6.66. The predicted molar refractivity (Wildman–Crippen MR) is 58.1 cm³/mol. The van der Waals surface area contributed by atoms with Crippen molar-refractivity contribution in [3.05, 3.63) is 36.4 Å². The fraction of sp³-hybridized carbons (Fsp3) is 0.273. The summed E-state index contributed by atoms with van der Waals surface area (Å²) >= 11 is 0. The van der Waals surface area contributed by atoms with Gasteiger partial charge in [0.1, 0.15) is 5.75 Å². The van der Waals surface area contributed by atoms with Crippen LogP contribution in [0.4, 0.5) is 0 Å². The molecule has 0 bridgehead atoms. The van der Waals surface area contributed by atoms with Gasteiger partial charge in [-0.2, -0.15) is 5.10 Å². The Hall–Kier alpha value is -1.88. The number of aliphatic hydroxyl groups excluding tert-OH is 1. The van der Waals surface area contributed by atoms with Crippen molar-refractivity contribution in [2.45, 2.75) is 20.1 Å². The van der Waals surface area contributed by atoms with Gasteiger partial charge in [0.2, 0.25) is 0 Å². The van der Waals surface area contributed by atoms with Crippen molar-refractivity contribution in [2.24, 2.45) is 0 Å². The molecule has 0 saturated carbocycles. The van der Waals surface area contributed by atoms with Crippen molar-refractivity contribution in [1.82, 2.24) is 14.8 Å². The summed E-state index contributed by atoms with van der Waals surface area (Å²) in [6.45, 7) is 2.71. The lowest BCUT2D eigenvalue weighted by atomic mass is 10.3. The quantitative estimate of drug-likeness (QED) is 0.848. The molecule has 5 heteroatoms. The number of aromatic nitrogens is 3. The Kier molecular flexibility index (Phi) is 3.16. The highest BCUT2D eigenvalue weighted by molar-refractivity contribution is 5.33. The maximum absolute atomic E-state index is 9.11. The summed E-state index contributed by atoms with van der Waals surface area (Å²) in [5.41, 5.74) is 0.659. The first-order valence-corrected chi connectivity index (χ1v) is 5.07. The van der Waals surface area contributed by atoms with E-state index in [1.807, 2.05) is 13.1 Å². The Morgan fingerprint density at radius 3 is 3.00 bits per heavy atom. The minimum Gasteiger partial charge on any atom is -0.454 e. The molecule has 0 saturated heterocycles. The van der Waals surface area contributed by atoms with Crippen LogP contribution in [0.2, 0.25) is 0 Å². The van der Waals surface area contributed by atoms with Crippen molar-refractivity contribution >= 4 is 0 Å². The summed E-state index contributed by atoms with van der Waals surface area (Å²) in [5.74, 6) is 1.26. The van der Waals surface area contributed by atoms with Gasteiger partial charge in [-0.25, -0.2) is 0 Å². The molecule has 0 amide bonds. The van der Waals surface area contributed by atoms with E-state index in [9.17, 15) is 0 Å². The molecule has 84 valence electrons. The smallest absolute Gasteiger partial charge is 0.165 e. The van der Waals surface area contributed by atoms with Crippen LogP contribution in [0.25, 0.3) is 0 Å². The Bertz CT molecular complexity index is 468. The molecule has 16 heavy (non-hydrogen) atoms. The van der Waals surface area contributed by atoms with Gasteiger partial charge >= 0.3 is 0 Å². The number of rotatable bonds is 4. The van der Waals surface area contributed by atoms with Crippen LogP contribution in [-0.2, 0) is 13.2 Å². The molecule has 0 atom stereocenters. The lowest BCUT2D eigenvalue weighted by Crippen LogP contribution is -1.93.